The van der Waals surface area contributed by atoms with Crippen molar-refractivity contribution in [2.24, 2.45) is 5.73 Å². The van der Waals surface area contributed by atoms with Crippen molar-refractivity contribution in [3.8, 4) is 0 Å². The average molecular weight is 260 g/mol. The van der Waals surface area contributed by atoms with Gasteiger partial charge in [0.05, 0.1) is 5.54 Å². The topological polar surface area (TPSA) is 80.9 Å². The number of rotatable bonds is 6. The fourth-order valence-electron chi connectivity index (χ4n) is 1.33. The number of carbonyl (C=O) groups excluding carboxylic acids is 1. The Hall–Kier alpha value is -0.660. The second-order valence-electron chi connectivity index (χ2n) is 3.78. The predicted molar refractivity (Wildman–Crippen MR) is 66.5 cm³/mol. The maximum Gasteiger partial charge on any atom is 0.237 e. The Morgan fingerprint density at radius 1 is 1.81 bits per heavy atom. The minimum atomic E-state index is -0.670. The van der Waals surface area contributed by atoms with Crippen molar-refractivity contribution in [1.82, 2.24) is 15.5 Å². The van der Waals surface area contributed by atoms with E-state index >= 15 is 0 Å². The standard InChI is InChI=1S/C9H16N4OS2/c1-6(16-8-13-12-5-15-8)4-9(2,11-3)7(10)14/h5-6,11H,4H2,1-3H3,(H2,10,14). The van der Waals surface area contributed by atoms with Crippen LogP contribution in [0.1, 0.15) is 20.3 Å². The van der Waals surface area contributed by atoms with E-state index in [0.717, 1.165) is 4.34 Å². The molecular formula is C9H16N4OS2. The molecule has 0 aliphatic carbocycles. The summed E-state index contributed by atoms with van der Waals surface area (Å²) in [6.07, 6.45) is 0.656. The molecule has 0 spiro atoms. The van der Waals surface area contributed by atoms with Crippen molar-refractivity contribution in [2.75, 3.05) is 7.05 Å². The highest BCUT2D eigenvalue weighted by molar-refractivity contribution is 8.01. The van der Waals surface area contributed by atoms with Gasteiger partial charge in [0.1, 0.15) is 5.51 Å². The van der Waals surface area contributed by atoms with Crippen molar-refractivity contribution in [3.63, 3.8) is 0 Å². The summed E-state index contributed by atoms with van der Waals surface area (Å²) in [7, 11) is 1.74. The highest BCUT2D eigenvalue weighted by Crippen LogP contribution is 2.29. The number of amides is 1. The van der Waals surface area contributed by atoms with Crippen LogP contribution in [0.2, 0.25) is 0 Å². The zero-order valence-electron chi connectivity index (χ0n) is 9.56. The molecule has 0 saturated carbocycles. The summed E-state index contributed by atoms with van der Waals surface area (Å²) in [6.45, 7) is 3.86. The molecule has 1 heterocycles. The van der Waals surface area contributed by atoms with Crippen LogP contribution in [0.3, 0.4) is 0 Å². The molecule has 2 unspecified atom stereocenters. The Kier molecular flexibility index (Phi) is 4.69. The van der Waals surface area contributed by atoms with Crippen LogP contribution in [0, 0.1) is 0 Å². The molecule has 16 heavy (non-hydrogen) atoms. The molecule has 2 atom stereocenters. The molecule has 0 saturated heterocycles. The molecule has 0 aromatic carbocycles. The van der Waals surface area contributed by atoms with E-state index in [1.165, 1.54) is 11.3 Å². The first-order valence-electron chi connectivity index (χ1n) is 4.89. The third kappa shape index (κ3) is 3.43. The molecular weight excluding hydrogens is 244 g/mol. The molecule has 0 bridgehead atoms. The van der Waals surface area contributed by atoms with Gasteiger partial charge < -0.3 is 11.1 Å². The lowest BCUT2D eigenvalue weighted by atomic mass is 9.95. The first-order chi connectivity index (χ1) is 7.48. The van der Waals surface area contributed by atoms with Crippen LogP contribution in [0.4, 0.5) is 0 Å². The molecule has 0 aliphatic rings. The van der Waals surface area contributed by atoms with E-state index in [-0.39, 0.29) is 11.2 Å². The Morgan fingerprint density at radius 3 is 2.94 bits per heavy atom. The number of nitrogens with one attached hydrogen (secondary N) is 1. The Bertz CT molecular complexity index is 343. The van der Waals surface area contributed by atoms with Crippen LogP contribution in [-0.4, -0.2) is 33.9 Å². The molecule has 3 N–H and O–H groups in total. The molecule has 5 nitrogen and oxygen atoms in total. The average Bonchev–Trinajstić information content (AvgIpc) is 2.69. The van der Waals surface area contributed by atoms with Gasteiger partial charge in [-0.2, -0.15) is 0 Å². The minimum absolute atomic E-state index is 0.248. The van der Waals surface area contributed by atoms with Gasteiger partial charge in [-0.15, -0.1) is 10.2 Å². The number of hydrogen-bond donors (Lipinski definition) is 2. The molecule has 7 heteroatoms. The van der Waals surface area contributed by atoms with Gasteiger partial charge in [-0.1, -0.05) is 30.0 Å². The zero-order valence-corrected chi connectivity index (χ0v) is 11.2. The molecule has 0 fully saturated rings. The molecule has 90 valence electrons. The van der Waals surface area contributed by atoms with Crippen molar-refractivity contribution in [3.05, 3.63) is 5.51 Å². The van der Waals surface area contributed by atoms with Gasteiger partial charge in [-0.25, -0.2) is 0 Å². The lowest BCUT2D eigenvalue weighted by Gasteiger charge is -2.27. The smallest absolute Gasteiger partial charge is 0.237 e. The lowest BCUT2D eigenvalue weighted by Crippen LogP contribution is -2.52. The van der Waals surface area contributed by atoms with Gasteiger partial charge in [0.15, 0.2) is 4.34 Å². The van der Waals surface area contributed by atoms with Gasteiger partial charge in [0, 0.05) is 5.25 Å². The first kappa shape index (κ1) is 13.4. The van der Waals surface area contributed by atoms with E-state index in [1.54, 1.807) is 24.3 Å². The van der Waals surface area contributed by atoms with Crippen molar-refractivity contribution in [2.45, 2.75) is 35.4 Å². The van der Waals surface area contributed by atoms with E-state index in [9.17, 15) is 4.79 Å². The lowest BCUT2D eigenvalue weighted by molar-refractivity contribution is -0.123. The van der Waals surface area contributed by atoms with Gasteiger partial charge in [-0.05, 0) is 20.4 Å². The van der Waals surface area contributed by atoms with Gasteiger partial charge in [0.2, 0.25) is 5.91 Å². The van der Waals surface area contributed by atoms with E-state index in [4.69, 9.17) is 5.73 Å². The van der Waals surface area contributed by atoms with Crippen LogP contribution in [0.25, 0.3) is 0 Å². The molecule has 0 radical (unpaired) electrons. The van der Waals surface area contributed by atoms with Crippen LogP contribution >= 0.6 is 23.1 Å². The summed E-state index contributed by atoms with van der Waals surface area (Å²) < 4.78 is 0.912. The number of hydrogen-bond acceptors (Lipinski definition) is 6. The normalized spacial score (nSPS) is 16.7. The molecule has 1 aromatic rings. The molecule has 0 aliphatic heterocycles. The Balaban J connectivity index is 2.56. The van der Waals surface area contributed by atoms with Gasteiger partial charge in [0.25, 0.3) is 0 Å². The number of likely N-dealkylation sites (N-methyl/N-ethyl adjacent to an activating group) is 1. The number of primary amides is 1. The second kappa shape index (κ2) is 5.60. The number of aromatic nitrogens is 2. The van der Waals surface area contributed by atoms with Gasteiger partial charge >= 0.3 is 0 Å². The Morgan fingerprint density at radius 2 is 2.50 bits per heavy atom. The highest BCUT2D eigenvalue weighted by Gasteiger charge is 2.31. The number of nitrogens with two attached hydrogens (primary N) is 1. The summed E-state index contributed by atoms with van der Waals surface area (Å²) in [5.74, 6) is -0.334. The van der Waals surface area contributed by atoms with Gasteiger partial charge in [-0.3, -0.25) is 4.79 Å². The zero-order chi connectivity index (χ0) is 12.2. The van der Waals surface area contributed by atoms with Crippen LogP contribution in [0.5, 0.6) is 0 Å². The van der Waals surface area contributed by atoms with E-state index in [2.05, 4.69) is 15.5 Å². The quantitative estimate of drug-likeness (QED) is 0.742. The summed E-state index contributed by atoms with van der Waals surface area (Å²) in [5.41, 5.74) is 6.39. The fraction of sp³-hybridized carbons (Fsp3) is 0.667. The Labute approximate surface area is 103 Å². The third-order valence-corrected chi connectivity index (χ3v) is 4.35. The van der Waals surface area contributed by atoms with Crippen molar-refractivity contribution < 1.29 is 4.79 Å². The molecule has 1 aromatic heterocycles. The minimum Gasteiger partial charge on any atom is -0.368 e. The largest absolute Gasteiger partial charge is 0.368 e. The van der Waals surface area contributed by atoms with Crippen LogP contribution < -0.4 is 11.1 Å². The van der Waals surface area contributed by atoms with E-state index in [1.807, 2.05) is 13.8 Å². The predicted octanol–water partition coefficient (Wildman–Crippen LogP) is 0.872. The fourth-order valence-corrected chi connectivity index (χ4v) is 3.31. The van der Waals surface area contributed by atoms with E-state index in [0.29, 0.717) is 6.42 Å². The summed E-state index contributed by atoms with van der Waals surface area (Å²) in [6, 6.07) is 0. The summed E-state index contributed by atoms with van der Waals surface area (Å²) in [4.78, 5) is 11.3. The molecule has 1 amide bonds. The number of thioether (sulfide) groups is 1. The first-order valence-corrected chi connectivity index (χ1v) is 6.65. The third-order valence-electron chi connectivity index (χ3n) is 2.43. The van der Waals surface area contributed by atoms with E-state index < -0.39 is 5.54 Å². The number of nitrogens with zero attached hydrogens (tertiary/aromatic N) is 2. The SMILES string of the molecule is CNC(C)(CC(C)Sc1nncs1)C(N)=O. The maximum absolute atomic E-state index is 11.3. The highest BCUT2D eigenvalue weighted by atomic mass is 32.2. The van der Waals surface area contributed by atoms with Crippen molar-refractivity contribution >= 4 is 29.0 Å². The second-order valence-corrected chi connectivity index (χ2v) is 6.30. The number of carbonyl (C=O) groups is 1. The summed E-state index contributed by atoms with van der Waals surface area (Å²) in [5, 5.41) is 10.9. The van der Waals surface area contributed by atoms with Crippen molar-refractivity contribution in [1.29, 1.82) is 0 Å². The monoisotopic (exact) mass is 260 g/mol. The summed E-state index contributed by atoms with van der Waals surface area (Å²) >= 11 is 3.10. The maximum atomic E-state index is 11.3. The van der Waals surface area contributed by atoms with Crippen LogP contribution in [0.15, 0.2) is 9.85 Å². The van der Waals surface area contributed by atoms with Crippen LogP contribution in [-0.2, 0) is 4.79 Å². The molecule has 1 rings (SSSR count).